The van der Waals surface area contributed by atoms with Gasteiger partial charge in [0.25, 0.3) is 0 Å². The van der Waals surface area contributed by atoms with Gasteiger partial charge in [-0.25, -0.2) is 0 Å². The van der Waals surface area contributed by atoms with E-state index in [2.05, 4.69) is 15.9 Å². The Balaban J connectivity index is 2.47. The van der Waals surface area contributed by atoms with Crippen molar-refractivity contribution in [2.75, 3.05) is 13.2 Å². The molecule has 0 radical (unpaired) electrons. The van der Waals surface area contributed by atoms with Gasteiger partial charge in [0.2, 0.25) is 0 Å². The summed E-state index contributed by atoms with van der Waals surface area (Å²) in [5.74, 6) is 1.26. The molecule has 0 atom stereocenters. The minimum atomic E-state index is 0.587. The Morgan fingerprint density at radius 3 is 2.69 bits per heavy atom. The highest BCUT2D eigenvalue weighted by Crippen LogP contribution is 2.45. The molecule has 0 fully saturated rings. The molecule has 0 spiro atoms. The van der Waals surface area contributed by atoms with Crippen molar-refractivity contribution in [2.45, 2.75) is 6.42 Å². The zero-order chi connectivity index (χ0) is 9.26. The first-order chi connectivity index (χ1) is 6.33. The van der Waals surface area contributed by atoms with Gasteiger partial charge in [-0.05, 0) is 15.9 Å². The Morgan fingerprint density at radius 2 is 2.00 bits per heavy atom. The van der Waals surface area contributed by atoms with Crippen LogP contribution in [-0.2, 0) is 0 Å². The van der Waals surface area contributed by atoms with Crippen LogP contribution in [-0.4, -0.2) is 19.5 Å². The molecule has 3 nitrogen and oxygen atoms in total. The quantitative estimate of drug-likeness (QED) is 0.730. The smallest absolute Gasteiger partial charge is 0.187 e. The van der Waals surface area contributed by atoms with Crippen molar-refractivity contribution in [3.8, 4) is 11.5 Å². The second kappa shape index (κ2) is 3.67. The number of carbonyl (C=O) groups excluding carboxylic acids is 1. The number of aldehydes is 1. The number of halogens is 1. The first-order valence-electron chi connectivity index (χ1n) is 3.86. The Bertz CT molecular complexity index is 334. The largest absolute Gasteiger partial charge is 0.488 e. The predicted octanol–water partition coefficient (Wildman–Crippen LogP) is 2.48. The van der Waals surface area contributed by atoms with Crippen molar-refractivity contribution >= 4 is 33.6 Å². The third-order valence-electron chi connectivity index (χ3n) is 1.70. The zero-order valence-corrected chi connectivity index (χ0v) is 9.11. The second-order valence-electron chi connectivity index (χ2n) is 2.57. The molecule has 1 aromatic heterocycles. The van der Waals surface area contributed by atoms with Crippen LogP contribution in [0.15, 0.2) is 3.79 Å². The summed E-state index contributed by atoms with van der Waals surface area (Å²) in [6.45, 7) is 1.25. The van der Waals surface area contributed by atoms with E-state index in [0.717, 1.165) is 16.5 Å². The lowest BCUT2D eigenvalue weighted by Gasteiger charge is -2.01. The van der Waals surface area contributed by atoms with Crippen LogP contribution in [0.25, 0.3) is 0 Å². The molecule has 0 bridgehead atoms. The van der Waals surface area contributed by atoms with Crippen LogP contribution < -0.4 is 9.47 Å². The first-order valence-corrected chi connectivity index (χ1v) is 5.47. The van der Waals surface area contributed by atoms with Gasteiger partial charge in [0.15, 0.2) is 17.8 Å². The molecule has 2 heterocycles. The maximum absolute atomic E-state index is 10.7. The van der Waals surface area contributed by atoms with Gasteiger partial charge in [-0.3, -0.25) is 4.79 Å². The van der Waals surface area contributed by atoms with Crippen molar-refractivity contribution in [2.24, 2.45) is 0 Å². The Labute approximate surface area is 87.8 Å². The van der Waals surface area contributed by atoms with Gasteiger partial charge >= 0.3 is 0 Å². The molecule has 0 saturated carbocycles. The fourth-order valence-electron chi connectivity index (χ4n) is 1.13. The average Bonchev–Trinajstić information content (AvgIpc) is 2.38. The number of ether oxygens (including phenoxy) is 2. The van der Waals surface area contributed by atoms with Crippen molar-refractivity contribution < 1.29 is 14.3 Å². The van der Waals surface area contributed by atoms with E-state index < -0.39 is 0 Å². The van der Waals surface area contributed by atoms with Crippen LogP contribution in [0.3, 0.4) is 0 Å². The third kappa shape index (κ3) is 1.58. The van der Waals surface area contributed by atoms with Crippen molar-refractivity contribution in [1.29, 1.82) is 0 Å². The van der Waals surface area contributed by atoms with Crippen molar-refractivity contribution in [1.82, 2.24) is 0 Å². The monoisotopic (exact) mass is 262 g/mol. The highest BCUT2D eigenvalue weighted by Gasteiger charge is 2.21. The lowest BCUT2D eigenvalue weighted by Crippen LogP contribution is -1.98. The Morgan fingerprint density at radius 1 is 1.31 bits per heavy atom. The van der Waals surface area contributed by atoms with Gasteiger partial charge in [-0.15, -0.1) is 11.3 Å². The summed E-state index contributed by atoms with van der Waals surface area (Å²) in [5, 5.41) is 0. The number of rotatable bonds is 1. The fourth-order valence-corrected chi connectivity index (χ4v) is 2.68. The van der Waals surface area contributed by atoms with Gasteiger partial charge in [0, 0.05) is 6.42 Å². The van der Waals surface area contributed by atoms with Gasteiger partial charge in [0.05, 0.1) is 13.2 Å². The molecule has 1 aliphatic heterocycles. The number of thiophene rings is 1. The first kappa shape index (κ1) is 9.02. The fraction of sp³-hybridized carbons (Fsp3) is 0.375. The van der Waals surface area contributed by atoms with E-state index in [0.29, 0.717) is 29.6 Å². The third-order valence-corrected chi connectivity index (χ3v) is 3.41. The molecule has 2 rings (SSSR count). The van der Waals surface area contributed by atoms with Gasteiger partial charge in [0.1, 0.15) is 8.66 Å². The lowest BCUT2D eigenvalue weighted by molar-refractivity contribution is 0.112. The minimum Gasteiger partial charge on any atom is -0.488 e. The number of hydrogen-bond donors (Lipinski definition) is 0. The maximum Gasteiger partial charge on any atom is 0.187 e. The molecule has 0 amide bonds. The highest BCUT2D eigenvalue weighted by molar-refractivity contribution is 9.11. The van der Waals surface area contributed by atoms with E-state index in [1.807, 2.05) is 0 Å². The maximum atomic E-state index is 10.7. The van der Waals surface area contributed by atoms with E-state index in [-0.39, 0.29) is 0 Å². The average molecular weight is 263 g/mol. The molecule has 0 saturated heterocycles. The molecule has 0 aliphatic carbocycles. The van der Waals surface area contributed by atoms with Crippen LogP contribution in [0, 0.1) is 0 Å². The van der Waals surface area contributed by atoms with Crippen molar-refractivity contribution in [3.63, 3.8) is 0 Å². The molecular formula is C8H7BrO3S. The number of hydrogen-bond acceptors (Lipinski definition) is 4. The molecular weight excluding hydrogens is 256 g/mol. The highest BCUT2D eigenvalue weighted by atomic mass is 79.9. The summed E-state index contributed by atoms with van der Waals surface area (Å²) in [4.78, 5) is 11.2. The number of carbonyl (C=O) groups is 1. The lowest BCUT2D eigenvalue weighted by atomic mass is 10.4. The molecule has 13 heavy (non-hydrogen) atoms. The van der Waals surface area contributed by atoms with E-state index in [1.165, 1.54) is 11.3 Å². The summed E-state index contributed by atoms with van der Waals surface area (Å²) in [6, 6.07) is 0. The second-order valence-corrected chi connectivity index (χ2v) is 4.94. The topological polar surface area (TPSA) is 35.5 Å². The van der Waals surface area contributed by atoms with Gasteiger partial charge in [-0.2, -0.15) is 0 Å². The van der Waals surface area contributed by atoms with Crippen LogP contribution in [0.5, 0.6) is 11.5 Å². The van der Waals surface area contributed by atoms with Crippen LogP contribution >= 0.6 is 27.3 Å². The van der Waals surface area contributed by atoms with Gasteiger partial charge < -0.3 is 9.47 Å². The molecule has 0 aromatic carbocycles. The summed E-state index contributed by atoms with van der Waals surface area (Å²) in [7, 11) is 0. The molecule has 1 aliphatic rings. The zero-order valence-electron chi connectivity index (χ0n) is 6.71. The SMILES string of the molecule is O=Cc1sc(Br)c2c1OCCCO2. The summed E-state index contributed by atoms with van der Waals surface area (Å²) in [6.07, 6.45) is 1.65. The Hall–Kier alpha value is -0.550. The van der Waals surface area contributed by atoms with Crippen LogP contribution in [0.2, 0.25) is 0 Å². The predicted molar refractivity (Wildman–Crippen MR) is 53.0 cm³/mol. The molecule has 70 valence electrons. The molecule has 0 unspecified atom stereocenters. The van der Waals surface area contributed by atoms with Gasteiger partial charge in [-0.1, -0.05) is 0 Å². The molecule has 1 aromatic rings. The number of fused-ring (bicyclic) bond motifs is 1. The standard InChI is InChI=1S/C8H7BrO3S/c9-8-7-6(5(4-10)13-8)11-2-1-3-12-7/h4H,1-3H2. The molecule has 0 N–H and O–H groups in total. The van der Waals surface area contributed by atoms with Crippen LogP contribution in [0.4, 0.5) is 0 Å². The van der Waals surface area contributed by atoms with E-state index >= 15 is 0 Å². The summed E-state index contributed by atoms with van der Waals surface area (Å²) >= 11 is 4.67. The van der Waals surface area contributed by atoms with E-state index in [9.17, 15) is 4.79 Å². The summed E-state index contributed by atoms with van der Waals surface area (Å²) < 4.78 is 11.7. The van der Waals surface area contributed by atoms with Crippen LogP contribution in [0.1, 0.15) is 16.1 Å². The minimum absolute atomic E-state index is 0.587. The Kier molecular flexibility index (Phi) is 2.55. The molecule has 5 heteroatoms. The van der Waals surface area contributed by atoms with E-state index in [1.54, 1.807) is 0 Å². The van der Waals surface area contributed by atoms with Crippen molar-refractivity contribution in [3.05, 3.63) is 8.66 Å². The summed E-state index contributed by atoms with van der Waals surface area (Å²) in [5.41, 5.74) is 0. The van der Waals surface area contributed by atoms with E-state index in [4.69, 9.17) is 9.47 Å². The normalized spacial score (nSPS) is 15.2.